The fourth-order valence-electron chi connectivity index (χ4n) is 2.06. The zero-order valence-corrected chi connectivity index (χ0v) is 13.8. The first-order valence-corrected chi connectivity index (χ1v) is 7.96. The number of carbonyl (C=O) groups is 1. The number of nitrogens with zero attached hydrogens (tertiary/aromatic N) is 1. The molecule has 1 aromatic rings. The highest BCUT2D eigenvalue weighted by molar-refractivity contribution is 7.89. The van der Waals surface area contributed by atoms with Gasteiger partial charge in [0.15, 0.2) is 0 Å². The van der Waals surface area contributed by atoms with Crippen LogP contribution in [0, 0.1) is 19.8 Å². The number of rotatable bonds is 5. The lowest BCUT2D eigenvalue weighted by molar-refractivity contribution is -0.144. The second-order valence-corrected chi connectivity index (χ2v) is 7.13. The van der Waals surface area contributed by atoms with Crippen LogP contribution in [0.3, 0.4) is 0 Å². The predicted octanol–water partition coefficient (Wildman–Crippen LogP) is 1.32. The highest BCUT2D eigenvalue weighted by atomic mass is 32.2. The molecule has 0 radical (unpaired) electrons. The third-order valence-corrected chi connectivity index (χ3v) is 5.44. The third kappa shape index (κ3) is 3.54. The van der Waals surface area contributed by atoms with Gasteiger partial charge in [0.25, 0.3) is 0 Å². The van der Waals surface area contributed by atoms with E-state index >= 15 is 0 Å². The minimum absolute atomic E-state index is 0.0296. The Hall–Kier alpha value is -1.60. The molecule has 21 heavy (non-hydrogen) atoms. The fraction of sp³-hybridized carbons (Fsp3) is 0.500. The van der Waals surface area contributed by atoms with E-state index in [1.807, 2.05) is 0 Å². The summed E-state index contributed by atoms with van der Waals surface area (Å²) in [6, 6.07) is 3.50. The predicted molar refractivity (Wildman–Crippen MR) is 81.3 cm³/mol. The van der Waals surface area contributed by atoms with E-state index in [2.05, 4.69) is 4.74 Å². The van der Waals surface area contributed by atoms with Crippen molar-refractivity contribution in [2.75, 3.05) is 26.4 Å². The van der Waals surface area contributed by atoms with Gasteiger partial charge >= 0.3 is 5.97 Å². The molecule has 7 heteroatoms. The summed E-state index contributed by atoms with van der Waals surface area (Å²) in [5, 5.41) is 0. The van der Waals surface area contributed by atoms with Crippen molar-refractivity contribution >= 4 is 21.7 Å². The van der Waals surface area contributed by atoms with Crippen molar-refractivity contribution < 1.29 is 17.9 Å². The Morgan fingerprint density at radius 3 is 2.38 bits per heavy atom. The number of aryl methyl sites for hydroxylation is 2. The van der Waals surface area contributed by atoms with E-state index in [1.54, 1.807) is 32.9 Å². The molecule has 0 aromatic heterocycles. The minimum Gasteiger partial charge on any atom is -0.469 e. The molecule has 118 valence electrons. The summed E-state index contributed by atoms with van der Waals surface area (Å²) in [7, 11) is -1.06. The zero-order chi connectivity index (χ0) is 16.4. The van der Waals surface area contributed by atoms with Gasteiger partial charge < -0.3 is 10.5 Å². The monoisotopic (exact) mass is 314 g/mol. The van der Waals surface area contributed by atoms with Crippen molar-refractivity contribution in [3.05, 3.63) is 23.3 Å². The number of hydrogen-bond donors (Lipinski definition) is 1. The maximum Gasteiger partial charge on any atom is 0.309 e. The van der Waals surface area contributed by atoms with E-state index in [0.717, 1.165) is 4.31 Å². The molecule has 0 heterocycles. The molecule has 0 aliphatic carbocycles. The minimum atomic E-state index is -3.76. The summed E-state index contributed by atoms with van der Waals surface area (Å²) in [5.74, 6) is -1.01. The number of ether oxygens (including phenoxy) is 1. The number of anilines is 1. The number of benzene rings is 1. The Morgan fingerprint density at radius 1 is 1.33 bits per heavy atom. The molecule has 0 aliphatic heterocycles. The molecule has 2 N–H and O–H groups in total. The Bertz CT molecular complexity index is 641. The zero-order valence-electron chi connectivity index (χ0n) is 13.0. The summed E-state index contributed by atoms with van der Waals surface area (Å²) < 4.78 is 31.1. The van der Waals surface area contributed by atoms with E-state index in [4.69, 9.17) is 5.73 Å². The molecule has 1 unspecified atom stereocenters. The average molecular weight is 314 g/mol. The Labute approximate surface area is 125 Å². The number of esters is 1. The quantitative estimate of drug-likeness (QED) is 0.654. The van der Waals surface area contributed by atoms with Crippen LogP contribution in [0.4, 0.5) is 5.69 Å². The van der Waals surface area contributed by atoms with Gasteiger partial charge in [-0.15, -0.1) is 0 Å². The van der Waals surface area contributed by atoms with Crippen molar-refractivity contribution in [1.29, 1.82) is 0 Å². The number of nitrogen functional groups attached to an aromatic ring is 1. The van der Waals surface area contributed by atoms with Gasteiger partial charge in [0.2, 0.25) is 10.0 Å². The van der Waals surface area contributed by atoms with Crippen LogP contribution in [0.1, 0.15) is 18.1 Å². The van der Waals surface area contributed by atoms with Crippen molar-refractivity contribution in [2.24, 2.45) is 5.92 Å². The summed E-state index contributed by atoms with van der Waals surface area (Å²) >= 11 is 0. The summed E-state index contributed by atoms with van der Waals surface area (Å²) in [5.41, 5.74) is 7.45. The second-order valence-electron chi connectivity index (χ2n) is 5.15. The molecule has 6 nitrogen and oxygen atoms in total. The molecule has 1 rings (SSSR count). The Balaban J connectivity index is 3.18. The maximum atomic E-state index is 12.7. The van der Waals surface area contributed by atoms with Gasteiger partial charge in [-0.3, -0.25) is 4.79 Å². The van der Waals surface area contributed by atoms with Crippen LogP contribution in [-0.2, 0) is 19.6 Å². The first-order valence-electron chi connectivity index (χ1n) is 6.52. The highest BCUT2D eigenvalue weighted by Gasteiger charge is 2.28. The summed E-state index contributed by atoms with van der Waals surface area (Å²) in [4.78, 5) is 11.5. The lowest BCUT2D eigenvalue weighted by Crippen LogP contribution is -2.35. The maximum absolute atomic E-state index is 12.7. The second kappa shape index (κ2) is 6.44. The molecular formula is C14H22N2O4S. The normalized spacial score (nSPS) is 13.2. The number of methoxy groups -OCH3 is 1. The number of carbonyl (C=O) groups excluding carboxylic acids is 1. The van der Waals surface area contributed by atoms with E-state index < -0.39 is 21.9 Å². The van der Waals surface area contributed by atoms with Crippen LogP contribution < -0.4 is 5.73 Å². The van der Waals surface area contributed by atoms with Gasteiger partial charge in [0.05, 0.1) is 18.7 Å². The molecule has 0 bridgehead atoms. The summed E-state index contributed by atoms with van der Waals surface area (Å²) in [6.45, 7) is 5.09. The van der Waals surface area contributed by atoms with Crippen LogP contribution in [-0.4, -0.2) is 39.4 Å². The van der Waals surface area contributed by atoms with Gasteiger partial charge in [0, 0.05) is 13.6 Å². The van der Waals surface area contributed by atoms with E-state index in [-0.39, 0.29) is 17.1 Å². The topological polar surface area (TPSA) is 89.7 Å². The van der Waals surface area contributed by atoms with Crippen molar-refractivity contribution in [2.45, 2.75) is 25.7 Å². The molecule has 1 aromatic carbocycles. The third-order valence-electron chi connectivity index (χ3n) is 3.41. The molecular weight excluding hydrogens is 292 g/mol. The fourth-order valence-corrected chi connectivity index (χ4v) is 3.71. The molecule has 0 fully saturated rings. The standard InChI is InChI=1S/C14H22N2O4S/c1-9-6-7-10(2)13(12(9)15)21(18,19)16(4)8-11(3)14(17)20-5/h6-7,11H,8,15H2,1-5H3. The first kappa shape index (κ1) is 17.5. The SMILES string of the molecule is COC(=O)C(C)CN(C)S(=O)(=O)c1c(C)ccc(C)c1N. The lowest BCUT2D eigenvalue weighted by atomic mass is 10.1. The number of sulfonamides is 1. The molecule has 0 saturated carbocycles. The van der Waals surface area contributed by atoms with Crippen molar-refractivity contribution in [3.8, 4) is 0 Å². The van der Waals surface area contributed by atoms with Gasteiger partial charge in [-0.05, 0) is 25.0 Å². The summed E-state index contributed by atoms with van der Waals surface area (Å²) in [6.07, 6.45) is 0. The average Bonchev–Trinajstić information content (AvgIpc) is 2.41. The number of hydrogen-bond acceptors (Lipinski definition) is 5. The van der Waals surface area contributed by atoms with E-state index in [0.29, 0.717) is 11.1 Å². The van der Waals surface area contributed by atoms with Crippen LogP contribution in [0.25, 0.3) is 0 Å². The van der Waals surface area contributed by atoms with Crippen LogP contribution in [0.5, 0.6) is 0 Å². The van der Waals surface area contributed by atoms with E-state index in [1.165, 1.54) is 14.2 Å². The number of nitrogens with two attached hydrogens (primary N) is 1. The largest absolute Gasteiger partial charge is 0.469 e. The smallest absolute Gasteiger partial charge is 0.309 e. The van der Waals surface area contributed by atoms with Crippen molar-refractivity contribution in [1.82, 2.24) is 4.31 Å². The molecule has 0 spiro atoms. The van der Waals surface area contributed by atoms with Gasteiger partial charge in [-0.2, -0.15) is 4.31 Å². The van der Waals surface area contributed by atoms with E-state index in [9.17, 15) is 13.2 Å². The molecule has 0 aliphatic rings. The van der Waals surface area contributed by atoms with Crippen LogP contribution in [0.15, 0.2) is 17.0 Å². The molecule has 0 saturated heterocycles. The molecule has 0 amide bonds. The lowest BCUT2D eigenvalue weighted by Gasteiger charge is -2.22. The van der Waals surface area contributed by atoms with Gasteiger partial charge in [0.1, 0.15) is 4.90 Å². The Kier molecular flexibility index (Phi) is 5.36. The van der Waals surface area contributed by atoms with Crippen LogP contribution in [0.2, 0.25) is 0 Å². The first-order chi connectivity index (χ1) is 9.62. The van der Waals surface area contributed by atoms with Crippen LogP contribution >= 0.6 is 0 Å². The molecule has 1 atom stereocenters. The van der Waals surface area contributed by atoms with Crippen molar-refractivity contribution in [3.63, 3.8) is 0 Å². The highest BCUT2D eigenvalue weighted by Crippen LogP contribution is 2.28. The van der Waals surface area contributed by atoms with Gasteiger partial charge in [-0.25, -0.2) is 8.42 Å². The Morgan fingerprint density at radius 2 is 1.86 bits per heavy atom. The van der Waals surface area contributed by atoms with Gasteiger partial charge in [-0.1, -0.05) is 19.1 Å².